The van der Waals surface area contributed by atoms with Crippen molar-refractivity contribution in [1.29, 1.82) is 0 Å². The lowest BCUT2D eigenvalue weighted by Crippen LogP contribution is -2.22. The first-order chi connectivity index (χ1) is 11.8. The molecule has 0 aliphatic carbocycles. The van der Waals surface area contributed by atoms with Gasteiger partial charge in [0.25, 0.3) is 0 Å². The van der Waals surface area contributed by atoms with E-state index in [-0.39, 0.29) is 16.2 Å². The van der Waals surface area contributed by atoms with E-state index >= 15 is 0 Å². The second-order valence-corrected chi connectivity index (χ2v) is 10.2. The van der Waals surface area contributed by atoms with Crippen LogP contribution in [0, 0.1) is 0 Å². The summed E-state index contributed by atoms with van der Waals surface area (Å²) in [5.41, 5.74) is 6.00. The number of benzene rings is 2. The molecule has 0 aromatic heterocycles. The highest BCUT2D eigenvalue weighted by atomic mass is 15.1. The largest absolute Gasteiger partial charge is 0.151 e. The Morgan fingerprint density at radius 3 is 1.62 bits per heavy atom. The number of rotatable bonds is 2. The SMILES string of the molecule is CC(C)(C)c1ccc(N=Nc2cccc(C(C)(C)C)c2C(C)(C)C)cc1. The van der Waals surface area contributed by atoms with E-state index in [0.717, 1.165) is 11.4 Å². The smallest absolute Gasteiger partial charge is 0.0897 e. The van der Waals surface area contributed by atoms with Gasteiger partial charge in [0.1, 0.15) is 0 Å². The molecule has 2 aromatic carbocycles. The highest BCUT2D eigenvalue weighted by molar-refractivity contribution is 5.56. The molecule has 26 heavy (non-hydrogen) atoms. The first kappa shape index (κ1) is 20.4. The van der Waals surface area contributed by atoms with Gasteiger partial charge in [0.2, 0.25) is 0 Å². The van der Waals surface area contributed by atoms with Crippen LogP contribution in [0.5, 0.6) is 0 Å². The Morgan fingerprint density at radius 1 is 0.577 bits per heavy atom. The third kappa shape index (κ3) is 4.81. The van der Waals surface area contributed by atoms with E-state index in [1.54, 1.807) is 0 Å². The van der Waals surface area contributed by atoms with Crippen molar-refractivity contribution < 1.29 is 0 Å². The van der Waals surface area contributed by atoms with Gasteiger partial charge >= 0.3 is 0 Å². The molecule has 140 valence electrons. The lowest BCUT2D eigenvalue weighted by Gasteiger charge is -2.31. The van der Waals surface area contributed by atoms with Crippen molar-refractivity contribution in [2.24, 2.45) is 10.2 Å². The summed E-state index contributed by atoms with van der Waals surface area (Å²) in [6.45, 7) is 20.2. The van der Waals surface area contributed by atoms with E-state index in [9.17, 15) is 0 Å². The maximum atomic E-state index is 4.63. The highest BCUT2D eigenvalue weighted by Gasteiger charge is 2.27. The van der Waals surface area contributed by atoms with E-state index in [1.807, 2.05) is 0 Å². The number of azo groups is 1. The van der Waals surface area contributed by atoms with Crippen LogP contribution >= 0.6 is 0 Å². The summed E-state index contributed by atoms with van der Waals surface area (Å²) < 4.78 is 0. The van der Waals surface area contributed by atoms with Gasteiger partial charge in [0.15, 0.2) is 0 Å². The summed E-state index contributed by atoms with van der Waals surface area (Å²) in [4.78, 5) is 0. The standard InChI is InChI=1S/C24H34N2/c1-22(2,3)17-13-15-18(16-14-17)25-26-20-12-10-11-19(23(4,5)6)21(20)24(7,8)9/h10-16H,1-9H3. The van der Waals surface area contributed by atoms with E-state index in [2.05, 4.69) is 115 Å². The van der Waals surface area contributed by atoms with Gasteiger partial charge in [-0.05, 0) is 51.1 Å². The number of hydrogen-bond acceptors (Lipinski definition) is 2. The Balaban J connectivity index is 2.45. The molecule has 2 nitrogen and oxygen atoms in total. The van der Waals surface area contributed by atoms with E-state index < -0.39 is 0 Å². The molecule has 0 radical (unpaired) electrons. The summed E-state index contributed by atoms with van der Waals surface area (Å²) in [7, 11) is 0. The van der Waals surface area contributed by atoms with Gasteiger partial charge in [-0.25, -0.2) is 0 Å². The zero-order chi connectivity index (χ0) is 19.8. The van der Waals surface area contributed by atoms with Crippen LogP contribution in [0.2, 0.25) is 0 Å². The zero-order valence-electron chi connectivity index (χ0n) is 17.9. The molecule has 0 saturated heterocycles. The third-order valence-corrected chi connectivity index (χ3v) is 4.61. The minimum Gasteiger partial charge on any atom is -0.151 e. The van der Waals surface area contributed by atoms with Crippen LogP contribution in [-0.4, -0.2) is 0 Å². The molecule has 0 spiro atoms. The third-order valence-electron chi connectivity index (χ3n) is 4.61. The molecule has 0 aliphatic heterocycles. The van der Waals surface area contributed by atoms with Gasteiger partial charge in [-0.15, -0.1) is 0 Å². The van der Waals surface area contributed by atoms with Crippen LogP contribution in [-0.2, 0) is 16.2 Å². The fourth-order valence-corrected chi connectivity index (χ4v) is 3.18. The topological polar surface area (TPSA) is 24.7 Å². The fourth-order valence-electron chi connectivity index (χ4n) is 3.18. The predicted octanol–water partition coefficient (Wildman–Crippen LogP) is 7.99. The minimum absolute atomic E-state index is 0.00825. The Labute approximate surface area is 159 Å². The second kappa shape index (κ2) is 6.98. The van der Waals surface area contributed by atoms with Crippen molar-refractivity contribution in [3.63, 3.8) is 0 Å². The Kier molecular flexibility index (Phi) is 5.46. The molecule has 0 aliphatic rings. The van der Waals surface area contributed by atoms with Gasteiger partial charge in [0, 0.05) is 0 Å². The van der Waals surface area contributed by atoms with Crippen molar-refractivity contribution >= 4 is 11.4 Å². The second-order valence-electron chi connectivity index (χ2n) is 10.2. The van der Waals surface area contributed by atoms with Crippen LogP contribution < -0.4 is 0 Å². The van der Waals surface area contributed by atoms with Gasteiger partial charge in [-0.3, -0.25) is 0 Å². The zero-order valence-corrected chi connectivity index (χ0v) is 17.9. The molecular weight excluding hydrogens is 316 g/mol. The first-order valence-corrected chi connectivity index (χ1v) is 9.46. The molecule has 0 fully saturated rings. The number of hydrogen-bond donors (Lipinski definition) is 0. The summed E-state index contributed by atoms with van der Waals surface area (Å²) in [6.07, 6.45) is 0. The van der Waals surface area contributed by atoms with E-state index in [0.29, 0.717) is 0 Å². The van der Waals surface area contributed by atoms with Crippen LogP contribution in [0.15, 0.2) is 52.7 Å². The fraction of sp³-hybridized carbons (Fsp3) is 0.500. The van der Waals surface area contributed by atoms with Crippen LogP contribution in [0.1, 0.15) is 79.0 Å². The minimum atomic E-state index is 0.00825. The van der Waals surface area contributed by atoms with Gasteiger partial charge < -0.3 is 0 Å². The van der Waals surface area contributed by atoms with Crippen molar-refractivity contribution in [3.8, 4) is 0 Å². The molecule has 0 unspecified atom stereocenters. The first-order valence-electron chi connectivity index (χ1n) is 9.46. The molecule has 2 heteroatoms. The average Bonchev–Trinajstić information content (AvgIpc) is 2.50. The summed E-state index contributed by atoms with van der Waals surface area (Å²) in [5.74, 6) is 0. The van der Waals surface area contributed by atoms with Crippen molar-refractivity contribution in [2.75, 3.05) is 0 Å². The summed E-state index contributed by atoms with van der Waals surface area (Å²) >= 11 is 0. The molecular formula is C24H34N2. The molecule has 0 heterocycles. The molecule has 0 bridgehead atoms. The van der Waals surface area contributed by atoms with Gasteiger partial charge in [0.05, 0.1) is 11.4 Å². The average molecular weight is 351 g/mol. The lowest BCUT2D eigenvalue weighted by molar-refractivity contribution is 0.531. The van der Waals surface area contributed by atoms with Crippen molar-refractivity contribution in [1.82, 2.24) is 0 Å². The molecule has 0 amide bonds. The van der Waals surface area contributed by atoms with Crippen LogP contribution in [0.4, 0.5) is 11.4 Å². The maximum absolute atomic E-state index is 4.63. The number of nitrogens with zero attached hydrogens (tertiary/aromatic N) is 2. The van der Waals surface area contributed by atoms with Gasteiger partial charge in [-0.2, -0.15) is 10.2 Å². The molecule has 2 rings (SSSR count). The summed E-state index contributed by atoms with van der Waals surface area (Å²) in [6, 6.07) is 14.8. The molecule has 2 aromatic rings. The maximum Gasteiger partial charge on any atom is 0.0897 e. The Morgan fingerprint density at radius 2 is 1.15 bits per heavy atom. The lowest BCUT2D eigenvalue weighted by atomic mass is 9.74. The highest BCUT2D eigenvalue weighted by Crippen LogP contribution is 2.40. The predicted molar refractivity (Wildman–Crippen MR) is 113 cm³/mol. The molecule has 0 saturated carbocycles. The molecule has 0 atom stereocenters. The van der Waals surface area contributed by atoms with E-state index in [4.69, 9.17) is 0 Å². The van der Waals surface area contributed by atoms with Crippen LogP contribution in [0.25, 0.3) is 0 Å². The Hall–Kier alpha value is -1.96. The molecule has 0 N–H and O–H groups in total. The Bertz CT molecular complexity index is 777. The monoisotopic (exact) mass is 350 g/mol. The normalized spacial score (nSPS) is 13.4. The summed E-state index contributed by atoms with van der Waals surface area (Å²) in [5, 5.41) is 9.16. The van der Waals surface area contributed by atoms with Gasteiger partial charge in [-0.1, -0.05) is 86.6 Å². The van der Waals surface area contributed by atoms with Crippen molar-refractivity contribution in [3.05, 3.63) is 59.2 Å². The van der Waals surface area contributed by atoms with Crippen LogP contribution in [0.3, 0.4) is 0 Å². The van der Waals surface area contributed by atoms with E-state index in [1.165, 1.54) is 16.7 Å². The quantitative estimate of drug-likeness (QED) is 0.490. The van der Waals surface area contributed by atoms with Crippen molar-refractivity contribution in [2.45, 2.75) is 78.6 Å².